The lowest BCUT2D eigenvalue weighted by molar-refractivity contribution is -0.164. The van der Waals surface area contributed by atoms with E-state index in [0.717, 1.165) is 57.6 Å². The normalized spacial score (nSPS) is 20.0. The van der Waals surface area contributed by atoms with Crippen LogP contribution in [-0.4, -0.2) is 53.1 Å². The van der Waals surface area contributed by atoms with Gasteiger partial charge in [0.25, 0.3) is 0 Å². The number of piperidine rings is 1. The van der Waals surface area contributed by atoms with Gasteiger partial charge in [-0.05, 0) is 89.1 Å². The first-order chi connectivity index (χ1) is 22.4. The molecule has 3 aliphatic heterocycles. The monoisotopic (exact) mass is 634 g/mol. The van der Waals surface area contributed by atoms with Gasteiger partial charge in [-0.3, -0.25) is 0 Å². The van der Waals surface area contributed by atoms with Gasteiger partial charge in [0, 0.05) is 48.8 Å². The van der Waals surface area contributed by atoms with Crippen molar-refractivity contribution in [2.45, 2.75) is 77.8 Å². The minimum Gasteiger partial charge on any atom is -0.495 e. The van der Waals surface area contributed by atoms with Crippen LogP contribution in [0.1, 0.15) is 70.3 Å². The molecule has 0 saturated carbocycles. The quantitative estimate of drug-likeness (QED) is 0.213. The van der Waals surface area contributed by atoms with Crippen LogP contribution in [0.5, 0.6) is 5.75 Å². The topological polar surface area (TPSA) is 98.3 Å². The van der Waals surface area contributed by atoms with Gasteiger partial charge >= 0.3 is 5.97 Å². The third kappa shape index (κ3) is 6.56. The lowest BCUT2D eigenvalue weighted by Crippen LogP contribution is -2.44. The SMILES string of the molecule is COC(=O)C(OC(C)(C)C)c1c(C)cn2nc3cc2c1N1CCC(C)(CC1)OC=CC(C)Oc1ccc(C#N)cc1-c1cccc-3c1. The second-order valence-corrected chi connectivity index (χ2v) is 13.7. The highest BCUT2D eigenvalue weighted by molar-refractivity contribution is 5.88. The molecule has 1 fully saturated rings. The fraction of sp³-hybridized carbons (Fsp3) is 0.395. The van der Waals surface area contributed by atoms with Gasteiger partial charge < -0.3 is 23.8 Å². The second kappa shape index (κ2) is 12.4. The summed E-state index contributed by atoms with van der Waals surface area (Å²) in [4.78, 5) is 15.7. The Morgan fingerprint density at radius 2 is 1.87 bits per heavy atom. The van der Waals surface area contributed by atoms with Crippen molar-refractivity contribution < 1.29 is 23.7 Å². The van der Waals surface area contributed by atoms with Gasteiger partial charge in [-0.2, -0.15) is 10.4 Å². The van der Waals surface area contributed by atoms with Crippen LogP contribution in [0.25, 0.3) is 27.9 Å². The molecule has 7 rings (SSSR count). The van der Waals surface area contributed by atoms with Gasteiger partial charge in [-0.1, -0.05) is 18.2 Å². The number of benzene rings is 2. The van der Waals surface area contributed by atoms with E-state index in [2.05, 4.69) is 30.0 Å². The molecule has 0 radical (unpaired) electrons. The summed E-state index contributed by atoms with van der Waals surface area (Å²) in [5.41, 5.74) is 6.38. The van der Waals surface area contributed by atoms with Gasteiger partial charge in [-0.25, -0.2) is 9.31 Å². The maximum atomic E-state index is 13.4. The summed E-state index contributed by atoms with van der Waals surface area (Å²) in [5, 5.41) is 14.7. The van der Waals surface area contributed by atoms with Crippen LogP contribution in [0.15, 0.2) is 67.1 Å². The molecule has 2 atom stereocenters. The summed E-state index contributed by atoms with van der Waals surface area (Å²) in [6.45, 7) is 13.3. The van der Waals surface area contributed by atoms with Crippen LogP contribution in [-0.2, 0) is 19.0 Å². The Bertz CT molecular complexity index is 1890. The smallest absolute Gasteiger partial charge is 0.339 e. The van der Waals surface area contributed by atoms with Gasteiger partial charge in [-0.15, -0.1) is 0 Å². The number of carbonyl (C=O) groups is 1. The van der Waals surface area contributed by atoms with Crippen molar-refractivity contribution in [1.29, 1.82) is 5.26 Å². The molecule has 0 aliphatic carbocycles. The van der Waals surface area contributed by atoms with E-state index in [9.17, 15) is 10.1 Å². The molecule has 1 saturated heterocycles. The molecule has 0 spiro atoms. The Morgan fingerprint density at radius 3 is 2.57 bits per heavy atom. The summed E-state index contributed by atoms with van der Waals surface area (Å²) in [6, 6.07) is 17.9. The number of carbonyl (C=O) groups excluding carboxylic acids is 1. The van der Waals surface area contributed by atoms with E-state index < -0.39 is 17.7 Å². The lowest BCUT2D eigenvalue weighted by atomic mass is 9.91. The zero-order valence-electron chi connectivity index (χ0n) is 28.2. The van der Waals surface area contributed by atoms with Crippen LogP contribution >= 0.6 is 0 Å². The minimum absolute atomic E-state index is 0.274. The number of hydrogen-bond donors (Lipinski definition) is 0. The highest BCUT2D eigenvalue weighted by Crippen LogP contribution is 2.42. The summed E-state index contributed by atoms with van der Waals surface area (Å²) in [6.07, 6.45) is 5.94. The van der Waals surface area contributed by atoms with Crippen LogP contribution in [0.4, 0.5) is 5.69 Å². The van der Waals surface area contributed by atoms with Crippen molar-refractivity contribution in [3.8, 4) is 34.2 Å². The van der Waals surface area contributed by atoms with Crippen molar-refractivity contribution in [2.75, 3.05) is 25.1 Å². The molecule has 2 aromatic carbocycles. The fourth-order valence-corrected chi connectivity index (χ4v) is 6.39. The number of pyridine rings is 1. The molecular formula is C38H42N4O5. The van der Waals surface area contributed by atoms with Crippen molar-refractivity contribution in [2.24, 2.45) is 0 Å². The summed E-state index contributed by atoms with van der Waals surface area (Å²) in [5.74, 6) is 0.224. The predicted octanol–water partition coefficient (Wildman–Crippen LogP) is 7.55. The molecule has 2 aromatic heterocycles. The molecule has 9 heteroatoms. The second-order valence-electron chi connectivity index (χ2n) is 13.7. The average molecular weight is 635 g/mol. The van der Waals surface area contributed by atoms with Crippen LogP contribution < -0.4 is 9.64 Å². The van der Waals surface area contributed by atoms with Crippen LogP contribution in [0.3, 0.4) is 0 Å². The van der Waals surface area contributed by atoms with E-state index in [4.69, 9.17) is 24.0 Å². The molecule has 0 amide bonds. The van der Waals surface area contributed by atoms with Crippen molar-refractivity contribution in [3.05, 3.63) is 83.8 Å². The predicted molar refractivity (Wildman–Crippen MR) is 181 cm³/mol. The van der Waals surface area contributed by atoms with Crippen molar-refractivity contribution >= 4 is 17.2 Å². The molecule has 5 heterocycles. The number of anilines is 1. The summed E-state index contributed by atoms with van der Waals surface area (Å²) >= 11 is 0. The third-order valence-electron chi connectivity index (χ3n) is 8.85. The Morgan fingerprint density at radius 1 is 1.13 bits per heavy atom. The minimum atomic E-state index is -0.931. The number of aryl methyl sites for hydroxylation is 1. The molecule has 47 heavy (non-hydrogen) atoms. The molecule has 4 aromatic rings. The highest BCUT2D eigenvalue weighted by atomic mass is 16.6. The number of hydrogen-bond acceptors (Lipinski definition) is 8. The molecule has 9 nitrogen and oxygen atoms in total. The Balaban J connectivity index is 1.59. The first-order valence-corrected chi connectivity index (χ1v) is 16.1. The number of methoxy groups -OCH3 is 1. The number of nitrogens with zero attached hydrogens (tertiary/aromatic N) is 4. The van der Waals surface area contributed by atoms with E-state index in [0.29, 0.717) is 24.4 Å². The molecule has 244 valence electrons. The van der Waals surface area contributed by atoms with Crippen LogP contribution in [0, 0.1) is 18.3 Å². The van der Waals surface area contributed by atoms with Gasteiger partial charge in [0.05, 0.1) is 47.5 Å². The number of esters is 1. The third-order valence-corrected chi connectivity index (χ3v) is 8.85. The zero-order chi connectivity index (χ0) is 33.5. The van der Waals surface area contributed by atoms with E-state index in [1.807, 2.05) is 81.7 Å². The van der Waals surface area contributed by atoms with Gasteiger partial charge in [0.1, 0.15) is 17.5 Å². The first-order valence-electron chi connectivity index (χ1n) is 16.1. The number of fused-ring (bicyclic) bond motifs is 5. The van der Waals surface area contributed by atoms with Crippen LogP contribution in [0.2, 0.25) is 0 Å². The lowest BCUT2D eigenvalue weighted by Gasteiger charge is -2.41. The first kappa shape index (κ1) is 32.1. The van der Waals surface area contributed by atoms with E-state index >= 15 is 0 Å². The molecular weight excluding hydrogens is 592 g/mol. The van der Waals surface area contributed by atoms with E-state index in [1.165, 1.54) is 7.11 Å². The Kier molecular flexibility index (Phi) is 8.49. The fourth-order valence-electron chi connectivity index (χ4n) is 6.39. The standard InChI is InChI=1S/C38H42N4O5/c1-24-23-42-31-21-30(40-42)28-10-8-9-27(20-28)29-19-26(22-39)11-12-32(29)46-25(2)13-18-45-38(6)14-16-41(17-15-38)34(31)33(24)35(36(43)44-7)47-37(3,4)5/h8-13,18-21,23,25,35H,14-17H2,1-7H3. The zero-order valence-corrected chi connectivity index (χ0v) is 28.2. The maximum absolute atomic E-state index is 13.4. The number of ether oxygens (including phenoxy) is 4. The van der Waals surface area contributed by atoms with Crippen molar-refractivity contribution in [1.82, 2.24) is 9.61 Å². The van der Waals surface area contributed by atoms with E-state index in [-0.39, 0.29) is 11.7 Å². The largest absolute Gasteiger partial charge is 0.495 e. The summed E-state index contributed by atoms with van der Waals surface area (Å²) < 4.78 is 26.4. The number of nitriles is 1. The van der Waals surface area contributed by atoms with Crippen molar-refractivity contribution in [3.63, 3.8) is 0 Å². The molecule has 2 unspecified atom stereocenters. The Labute approximate surface area is 276 Å². The van der Waals surface area contributed by atoms with E-state index in [1.54, 1.807) is 12.3 Å². The molecule has 0 N–H and O–H groups in total. The Hall–Kier alpha value is -4.81. The summed E-state index contributed by atoms with van der Waals surface area (Å²) in [7, 11) is 1.40. The maximum Gasteiger partial charge on any atom is 0.339 e. The average Bonchev–Trinajstić information content (AvgIpc) is 3.46. The number of rotatable bonds is 3. The molecule has 3 aliphatic rings. The molecule has 6 bridgehead atoms. The van der Waals surface area contributed by atoms with Gasteiger partial charge in [0.15, 0.2) is 6.10 Å². The van der Waals surface area contributed by atoms with Gasteiger partial charge in [0.2, 0.25) is 0 Å². The highest BCUT2D eigenvalue weighted by Gasteiger charge is 2.37. The number of aromatic nitrogens is 2.